The average Bonchev–Trinajstić information content (AvgIpc) is 2.70. The first-order valence-electron chi connectivity index (χ1n) is 9.62. The number of hydrogen-bond donors (Lipinski definition) is 2. The molecule has 28 heavy (non-hydrogen) atoms. The summed E-state index contributed by atoms with van der Waals surface area (Å²) in [6, 6.07) is 17.3. The van der Waals surface area contributed by atoms with Crippen molar-refractivity contribution in [3.8, 4) is 5.75 Å². The lowest BCUT2D eigenvalue weighted by atomic mass is 9.84. The van der Waals surface area contributed by atoms with Gasteiger partial charge in [0.25, 0.3) is 0 Å². The van der Waals surface area contributed by atoms with Gasteiger partial charge in [-0.15, -0.1) is 12.4 Å². The number of halogens is 1. The van der Waals surface area contributed by atoms with Crippen LogP contribution in [0.15, 0.2) is 54.6 Å². The van der Waals surface area contributed by atoms with Crippen LogP contribution in [-0.2, 0) is 10.4 Å². The van der Waals surface area contributed by atoms with Gasteiger partial charge in [0, 0.05) is 31.7 Å². The van der Waals surface area contributed by atoms with Crippen LogP contribution in [0, 0.1) is 0 Å². The zero-order chi connectivity index (χ0) is 19.1. The molecule has 2 aromatic carbocycles. The molecule has 3 rings (SSSR count). The number of hydrogen-bond acceptors (Lipinski definition) is 4. The van der Waals surface area contributed by atoms with Crippen molar-refractivity contribution in [1.29, 1.82) is 0 Å². The topological polar surface area (TPSA) is 61.8 Å². The Morgan fingerprint density at radius 2 is 1.75 bits per heavy atom. The molecule has 1 aliphatic heterocycles. The summed E-state index contributed by atoms with van der Waals surface area (Å²) in [6.07, 6.45) is 1.83. The maximum absolute atomic E-state index is 12.2. The summed E-state index contributed by atoms with van der Waals surface area (Å²) in [4.78, 5) is 14.4. The highest BCUT2D eigenvalue weighted by molar-refractivity contribution is 5.90. The molecule has 1 heterocycles. The van der Waals surface area contributed by atoms with E-state index in [1.165, 1.54) is 0 Å². The molecule has 1 amide bonds. The first-order valence-corrected chi connectivity index (χ1v) is 9.62. The van der Waals surface area contributed by atoms with Crippen LogP contribution in [0.1, 0.15) is 31.7 Å². The van der Waals surface area contributed by atoms with Gasteiger partial charge in [0.2, 0.25) is 5.91 Å². The Morgan fingerprint density at radius 3 is 2.36 bits per heavy atom. The number of rotatable bonds is 7. The number of benzene rings is 2. The summed E-state index contributed by atoms with van der Waals surface area (Å²) in [6.45, 7) is 4.86. The van der Waals surface area contributed by atoms with E-state index in [4.69, 9.17) is 4.74 Å². The molecule has 2 aromatic rings. The number of likely N-dealkylation sites (tertiary alicyclic amines) is 1. The van der Waals surface area contributed by atoms with Crippen molar-refractivity contribution in [3.05, 3.63) is 60.2 Å². The molecule has 0 aliphatic carbocycles. The van der Waals surface area contributed by atoms with Gasteiger partial charge < -0.3 is 20.1 Å². The molecule has 0 radical (unpaired) electrons. The minimum Gasteiger partial charge on any atom is -0.494 e. The third kappa shape index (κ3) is 5.96. The molecule has 2 N–H and O–H groups in total. The Kier molecular flexibility index (Phi) is 8.30. The molecule has 0 bridgehead atoms. The van der Waals surface area contributed by atoms with Crippen molar-refractivity contribution in [1.82, 2.24) is 4.90 Å². The van der Waals surface area contributed by atoms with Crippen LogP contribution in [0.25, 0.3) is 0 Å². The van der Waals surface area contributed by atoms with Gasteiger partial charge in [0.05, 0.1) is 12.2 Å². The summed E-state index contributed by atoms with van der Waals surface area (Å²) in [5.41, 5.74) is 1.01. The predicted octanol–water partition coefficient (Wildman–Crippen LogP) is 3.82. The monoisotopic (exact) mass is 404 g/mol. The standard InChI is InChI=1S/C22H28N2O3.ClH/c1-2-27-20-10-8-19(9-11-20)23-21(25)12-15-24-16-13-22(26,14-17-24)18-6-4-3-5-7-18;/h3-11,26H,2,12-17H2,1H3,(H,23,25);1H. The first kappa shape index (κ1) is 22.2. The van der Waals surface area contributed by atoms with Gasteiger partial charge in [-0.1, -0.05) is 30.3 Å². The number of ether oxygens (including phenoxy) is 1. The zero-order valence-electron chi connectivity index (χ0n) is 16.3. The molecule has 152 valence electrons. The Labute approximate surface area is 173 Å². The number of carbonyl (C=O) groups is 1. The van der Waals surface area contributed by atoms with Crippen LogP contribution in [0.5, 0.6) is 5.75 Å². The average molecular weight is 405 g/mol. The third-order valence-corrected chi connectivity index (χ3v) is 5.10. The fourth-order valence-corrected chi connectivity index (χ4v) is 3.47. The number of nitrogens with one attached hydrogen (secondary N) is 1. The van der Waals surface area contributed by atoms with Crippen molar-refractivity contribution in [2.45, 2.75) is 31.8 Å². The molecule has 1 saturated heterocycles. The lowest BCUT2D eigenvalue weighted by Crippen LogP contribution is -2.43. The van der Waals surface area contributed by atoms with Gasteiger partial charge in [0.15, 0.2) is 0 Å². The van der Waals surface area contributed by atoms with E-state index in [-0.39, 0.29) is 18.3 Å². The maximum Gasteiger partial charge on any atom is 0.225 e. The van der Waals surface area contributed by atoms with Gasteiger partial charge in [0.1, 0.15) is 5.75 Å². The minimum absolute atomic E-state index is 0. The van der Waals surface area contributed by atoms with Crippen molar-refractivity contribution in [2.24, 2.45) is 0 Å². The lowest BCUT2D eigenvalue weighted by molar-refractivity contribution is -0.116. The van der Waals surface area contributed by atoms with Crippen LogP contribution >= 0.6 is 12.4 Å². The van der Waals surface area contributed by atoms with E-state index in [0.29, 0.717) is 32.4 Å². The summed E-state index contributed by atoms with van der Waals surface area (Å²) in [7, 11) is 0. The fraction of sp³-hybridized carbons (Fsp3) is 0.409. The van der Waals surface area contributed by atoms with E-state index < -0.39 is 5.60 Å². The Balaban J connectivity index is 0.00000280. The van der Waals surface area contributed by atoms with Gasteiger partial charge in [-0.05, 0) is 49.6 Å². The fourth-order valence-electron chi connectivity index (χ4n) is 3.47. The van der Waals surface area contributed by atoms with Crippen molar-refractivity contribution in [3.63, 3.8) is 0 Å². The van der Waals surface area contributed by atoms with Gasteiger partial charge in [-0.3, -0.25) is 4.79 Å². The van der Waals surface area contributed by atoms with E-state index in [0.717, 1.165) is 30.1 Å². The minimum atomic E-state index is -0.748. The number of nitrogens with zero attached hydrogens (tertiary/aromatic N) is 1. The third-order valence-electron chi connectivity index (χ3n) is 5.10. The largest absolute Gasteiger partial charge is 0.494 e. The highest BCUT2D eigenvalue weighted by atomic mass is 35.5. The molecule has 0 atom stereocenters. The molecule has 5 nitrogen and oxygen atoms in total. The molecule has 1 aliphatic rings. The van der Waals surface area contributed by atoms with Crippen molar-refractivity contribution >= 4 is 24.0 Å². The SMILES string of the molecule is CCOc1ccc(NC(=O)CCN2CCC(O)(c3ccccc3)CC2)cc1.Cl. The Bertz CT molecular complexity index is 729. The van der Waals surface area contributed by atoms with Crippen LogP contribution in [0.4, 0.5) is 5.69 Å². The smallest absolute Gasteiger partial charge is 0.225 e. The van der Waals surface area contributed by atoms with Crippen LogP contribution < -0.4 is 10.1 Å². The van der Waals surface area contributed by atoms with E-state index in [1.807, 2.05) is 61.5 Å². The Hall–Kier alpha value is -2.08. The number of amides is 1. The Morgan fingerprint density at radius 1 is 1.11 bits per heavy atom. The number of aliphatic hydroxyl groups is 1. The lowest BCUT2D eigenvalue weighted by Gasteiger charge is -2.38. The number of anilines is 1. The maximum atomic E-state index is 12.2. The van der Waals surface area contributed by atoms with E-state index in [9.17, 15) is 9.90 Å². The molecule has 0 saturated carbocycles. The summed E-state index contributed by atoms with van der Waals surface area (Å²) in [5.74, 6) is 0.803. The van der Waals surface area contributed by atoms with Crippen molar-refractivity contribution < 1.29 is 14.6 Å². The van der Waals surface area contributed by atoms with Gasteiger partial charge in [-0.2, -0.15) is 0 Å². The molecule has 6 heteroatoms. The second-order valence-corrected chi connectivity index (χ2v) is 6.99. The molecular formula is C22H29ClN2O3. The normalized spacial score (nSPS) is 16.1. The van der Waals surface area contributed by atoms with Gasteiger partial charge >= 0.3 is 0 Å². The van der Waals surface area contributed by atoms with E-state index in [2.05, 4.69) is 10.2 Å². The van der Waals surface area contributed by atoms with Crippen molar-refractivity contribution in [2.75, 3.05) is 31.6 Å². The summed E-state index contributed by atoms with van der Waals surface area (Å²) in [5, 5.41) is 13.8. The molecule has 0 aromatic heterocycles. The molecule has 0 unspecified atom stereocenters. The highest BCUT2D eigenvalue weighted by Gasteiger charge is 2.33. The van der Waals surface area contributed by atoms with Crippen LogP contribution in [-0.4, -0.2) is 42.2 Å². The molecular weight excluding hydrogens is 376 g/mol. The number of carbonyl (C=O) groups excluding carboxylic acids is 1. The zero-order valence-corrected chi connectivity index (χ0v) is 17.1. The quantitative estimate of drug-likeness (QED) is 0.736. The molecule has 1 fully saturated rings. The summed E-state index contributed by atoms with van der Waals surface area (Å²) >= 11 is 0. The second-order valence-electron chi connectivity index (χ2n) is 6.99. The first-order chi connectivity index (χ1) is 13.1. The predicted molar refractivity (Wildman–Crippen MR) is 114 cm³/mol. The van der Waals surface area contributed by atoms with E-state index in [1.54, 1.807) is 0 Å². The van der Waals surface area contributed by atoms with Gasteiger partial charge in [-0.25, -0.2) is 0 Å². The second kappa shape index (κ2) is 10.5. The number of piperidine rings is 1. The van der Waals surface area contributed by atoms with Crippen LogP contribution in [0.3, 0.4) is 0 Å². The van der Waals surface area contributed by atoms with Crippen LogP contribution in [0.2, 0.25) is 0 Å². The molecule has 0 spiro atoms. The summed E-state index contributed by atoms with van der Waals surface area (Å²) < 4.78 is 5.40. The van der Waals surface area contributed by atoms with E-state index >= 15 is 0 Å². The highest BCUT2D eigenvalue weighted by Crippen LogP contribution is 2.32.